The summed E-state index contributed by atoms with van der Waals surface area (Å²) in [6.45, 7) is 3.43. The number of hydrogen-bond acceptors (Lipinski definition) is 5. The van der Waals surface area contributed by atoms with Gasteiger partial charge in [-0.15, -0.1) is 0 Å². The Morgan fingerprint density at radius 1 is 0.963 bits per heavy atom. The molecule has 0 amide bonds. The highest BCUT2D eigenvalue weighted by molar-refractivity contribution is 5.71. The molecule has 0 aromatic heterocycles. The van der Waals surface area contributed by atoms with Crippen molar-refractivity contribution < 1.29 is 14.3 Å². The van der Waals surface area contributed by atoms with E-state index in [9.17, 15) is 4.79 Å². The predicted molar refractivity (Wildman–Crippen MR) is 108 cm³/mol. The second-order valence-electron chi connectivity index (χ2n) is 6.60. The number of carbonyl (C=O) groups is 1. The molecule has 27 heavy (non-hydrogen) atoms. The number of nitrogens with one attached hydrogen (secondary N) is 1. The molecule has 0 spiro atoms. The Balaban J connectivity index is 1.52. The van der Waals surface area contributed by atoms with E-state index < -0.39 is 0 Å². The maximum Gasteiger partial charge on any atom is 0.306 e. The van der Waals surface area contributed by atoms with E-state index in [1.54, 1.807) is 0 Å². The van der Waals surface area contributed by atoms with E-state index in [0.717, 1.165) is 25.9 Å². The molecule has 0 atom stereocenters. The average Bonchev–Trinajstić information content (AvgIpc) is 2.87. The molecule has 0 unspecified atom stereocenters. The predicted octanol–water partition coefficient (Wildman–Crippen LogP) is 3.09. The zero-order valence-corrected chi connectivity index (χ0v) is 15.9. The molecule has 0 aliphatic carbocycles. The molecule has 5 heteroatoms. The molecule has 1 aliphatic heterocycles. The monoisotopic (exact) mass is 368 g/mol. The number of carbonyl (C=O) groups excluding carboxylic acids is 1. The van der Waals surface area contributed by atoms with Gasteiger partial charge >= 0.3 is 5.97 Å². The molecule has 2 aromatic carbocycles. The summed E-state index contributed by atoms with van der Waals surface area (Å²) in [5.41, 5.74) is 5.33. The van der Waals surface area contributed by atoms with Gasteiger partial charge in [0.2, 0.25) is 0 Å². The van der Waals surface area contributed by atoms with Gasteiger partial charge in [-0.05, 0) is 36.1 Å². The van der Waals surface area contributed by atoms with E-state index in [2.05, 4.69) is 63.5 Å². The van der Waals surface area contributed by atoms with Crippen LogP contribution in [0, 0.1) is 0 Å². The third-order valence-corrected chi connectivity index (χ3v) is 4.84. The number of para-hydroxylation sites is 2. The maximum absolute atomic E-state index is 11.1. The molecule has 1 aliphatic rings. The minimum Gasteiger partial charge on any atom is -0.469 e. The van der Waals surface area contributed by atoms with Crippen LogP contribution in [0.2, 0.25) is 0 Å². The van der Waals surface area contributed by atoms with E-state index in [1.807, 2.05) is 0 Å². The summed E-state index contributed by atoms with van der Waals surface area (Å²) < 4.78 is 10.4. The molecule has 0 saturated carbocycles. The second-order valence-corrected chi connectivity index (χ2v) is 6.60. The van der Waals surface area contributed by atoms with E-state index in [1.165, 1.54) is 29.6 Å². The Kier molecular flexibility index (Phi) is 7.25. The van der Waals surface area contributed by atoms with Crippen molar-refractivity contribution in [2.45, 2.75) is 19.3 Å². The van der Waals surface area contributed by atoms with Gasteiger partial charge in [0.1, 0.15) is 0 Å². The molecule has 0 saturated heterocycles. The van der Waals surface area contributed by atoms with Gasteiger partial charge in [0.15, 0.2) is 0 Å². The van der Waals surface area contributed by atoms with Gasteiger partial charge in [0, 0.05) is 31.0 Å². The third kappa shape index (κ3) is 5.31. The first kappa shape index (κ1) is 19.4. The van der Waals surface area contributed by atoms with Crippen molar-refractivity contribution in [2.75, 3.05) is 44.9 Å². The van der Waals surface area contributed by atoms with E-state index in [0.29, 0.717) is 26.2 Å². The molecule has 2 aromatic rings. The lowest BCUT2D eigenvalue weighted by molar-refractivity contribution is -0.140. The molecule has 0 radical (unpaired) electrons. The van der Waals surface area contributed by atoms with Gasteiger partial charge in [-0.25, -0.2) is 0 Å². The lowest BCUT2D eigenvalue weighted by atomic mass is 10.0. The smallest absolute Gasteiger partial charge is 0.306 e. The van der Waals surface area contributed by atoms with Crippen molar-refractivity contribution in [3.8, 4) is 0 Å². The van der Waals surface area contributed by atoms with Crippen LogP contribution >= 0.6 is 0 Å². The summed E-state index contributed by atoms with van der Waals surface area (Å²) in [6.07, 6.45) is 2.52. The molecule has 3 rings (SSSR count). The van der Waals surface area contributed by atoms with Crippen LogP contribution in [0.3, 0.4) is 0 Å². The van der Waals surface area contributed by atoms with Gasteiger partial charge in [0.05, 0.1) is 26.7 Å². The Morgan fingerprint density at radius 3 is 2.22 bits per heavy atom. The number of nitrogens with zero attached hydrogens (tertiary/aromatic N) is 1. The quantitative estimate of drug-likeness (QED) is 0.544. The number of anilines is 2. The van der Waals surface area contributed by atoms with Gasteiger partial charge in [-0.3, -0.25) is 4.79 Å². The van der Waals surface area contributed by atoms with Gasteiger partial charge in [-0.2, -0.15) is 0 Å². The minimum absolute atomic E-state index is 0.193. The summed E-state index contributed by atoms with van der Waals surface area (Å²) in [4.78, 5) is 13.4. The summed E-state index contributed by atoms with van der Waals surface area (Å²) >= 11 is 0. The highest BCUT2D eigenvalue weighted by Gasteiger charge is 2.19. The summed E-state index contributed by atoms with van der Waals surface area (Å²) in [5, 5.41) is 3.19. The average molecular weight is 368 g/mol. The number of fused-ring (bicyclic) bond motifs is 2. The fourth-order valence-corrected chi connectivity index (χ4v) is 3.43. The second kappa shape index (κ2) is 10.1. The normalized spacial score (nSPS) is 12.9. The zero-order chi connectivity index (χ0) is 18.9. The molecular weight excluding hydrogens is 340 g/mol. The number of esters is 1. The molecule has 5 nitrogen and oxygen atoms in total. The van der Waals surface area contributed by atoms with Crippen LogP contribution in [-0.2, 0) is 27.1 Å². The molecule has 144 valence electrons. The van der Waals surface area contributed by atoms with Crippen molar-refractivity contribution in [1.82, 2.24) is 5.32 Å². The number of methoxy groups -OCH3 is 1. The van der Waals surface area contributed by atoms with Crippen molar-refractivity contribution >= 4 is 17.3 Å². The molecule has 0 fully saturated rings. The lowest BCUT2D eigenvalue weighted by Gasteiger charge is -2.27. The Bertz CT molecular complexity index is 700. The van der Waals surface area contributed by atoms with Crippen LogP contribution in [0.5, 0.6) is 0 Å². The first-order valence-electron chi connectivity index (χ1n) is 9.58. The van der Waals surface area contributed by atoms with Crippen molar-refractivity contribution in [2.24, 2.45) is 0 Å². The van der Waals surface area contributed by atoms with Crippen LogP contribution in [0.4, 0.5) is 11.4 Å². The standard InChI is InChI=1S/C22H28N2O3/c1-26-22(25)12-13-23-14-16-27-17-15-24-20-8-4-2-6-18(20)10-11-19-7-3-5-9-21(19)24/h2-9,23H,10-17H2,1H3. The van der Waals surface area contributed by atoms with Crippen molar-refractivity contribution in [3.63, 3.8) is 0 Å². The minimum atomic E-state index is -0.193. The Morgan fingerprint density at radius 2 is 1.59 bits per heavy atom. The van der Waals surface area contributed by atoms with Gasteiger partial charge in [-0.1, -0.05) is 36.4 Å². The van der Waals surface area contributed by atoms with Crippen LogP contribution in [-0.4, -0.2) is 45.9 Å². The summed E-state index contributed by atoms with van der Waals surface area (Å²) in [5.74, 6) is -0.193. The van der Waals surface area contributed by atoms with Crippen molar-refractivity contribution in [1.29, 1.82) is 0 Å². The fraction of sp³-hybridized carbons (Fsp3) is 0.409. The highest BCUT2D eigenvalue weighted by Crippen LogP contribution is 2.35. The fourth-order valence-electron chi connectivity index (χ4n) is 3.43. The van der Waals surface area contributed by atoms with Crippen LogP contribution in [0.25, 0.3) is 0 Å². The molecular formula is C22H28N2O3. The van der Waals surface area contributed by atoms with Crippen LogP contribution in [0.1, 0.15) is 17.5 Å². The Labute approximate surface area is 161 Å². The first-order chi connectivity index (χ1) is 13.3. The maximum atomic E-state index is 11.1. The van der Waals surface area contributed by atoms with Crippen molar-refractivity contribution in [3.05, 3.63) is 59.7 Å². The summed E-state index contributed by atoms with van der Waals surface area (Å²) in [7, 11) is 1.41. The Hall–Kier alpha value is -2.37. The number of aryl methyl sites for hydroxylation is 2. The topological polar surface area (TPSA) is 50.8 Å². The SMILES string of the molecule is COC(=O)CCNCCOCCN1c2ccccc2CCc2ccccc21. The first-order valence-corrected chi connectivity index (χ1v) is 9.58. The van der Waals surface area contributed by atoms with Gasteiger partial charge < -0.3 is 19.7 Å². The molecule has 1 N–H and O–H groups in total. The summed E-state index contributed by atoms with van der Waals surface area (Å²) in [6, 6.07) is 17.3. The third-order valence-electron chi connectivity index (χ3n) is 4.84. The van der Waals surface area contributed by atoms with E-state index >= 15 is 0 Å². The highest BCUT2D eigenvalue weighted by atomic mass is 16.5. The number of hydrogen-bond donors (Lipinski definition) is 1. The van der Waals surface area contributed by atoms with Crippen LogP contribution in [0.15, 0.2) is 48.5 Å². The number of rotatable bonds is 9. The van der Waals surface area contributed by atoms with Crippen LogP contribution < -0.4 is 10.2 Å². The molecule has 1 heterocycles. The largest absolute Gasteiger partial charge is 0.469 e. The number of ether oxygens (including phenoxy) is 2. The van der Waals surface area contributed by atoms with E-state index in [-0.39, 0.29) is 5.97 Å². The van der Waals surface area contributed by atoms with E-state index in [4.69, 9.17) is 4.74 Å². The number of benzene rings is 2. The van der Waals surface area contributed by atoms with Gasteiger partial charge in [0.25, 0.3) is 0 Å². The zero-order valence-electron chi connectivity index (χ0n) is 15.9. The lowest BCUT2D eigenvalue weighted by Crippen LogP contribution is -2.26. The molecule has 0 bridgehead atoms.